The molecule has 2 amide bonds. The molecule has 39 heavy (non-hydrogen) atoms. The second kappa shape index (κ2) is 14.3. The Morgan fingerprint density at radius 1 is 1.05 bits per heavy atom. The topological polar surface area (TPSA) is 86.8 Å². The van der Waals surface area contributed by atoms with E-state index in [1.165, 1.54) is 29.2 Å². The molecule has 0 saturated heterocycles. The smallest absolute Gasteiger partial charge is 0.243 e. The highest BCUT2D eigenvalue weighted by atomic mass is 35.5. The first-order valence-corrected chi connectivity index (χ1v) is 15.9. The van der Waals surface area contributed by atoms with Crippen LogP contribution >= 0.6 is 23.2 Å². The third-order valence-electron chi connectivity index (χ3n) is 6.99. The maximum atomic E-state index is 13.6. The Kier molecular flexibility index (Phi) is 11.4. The van der Waals surface area contributed by atoms with Crippen molar-refractivity contribution >= 4 is 50.7 Å². The van der Waals surface area contributed by atoms with Crippen molar-refractivity contribution in [3.63, 3.8) is 0 Å². The Bertz CT molecular complexity index is 1220. The summed E-state index contributed by atoms with van der Waals surface area (Å²) in [7, 11) is -3.67. The number of nitrogens with one attached hydrogen (secondary N) is 1. The van der Waals surface area contributed by atoms with Gasteiger partial charge in [-0.05, 0) is 62.1 Å². The van der Waals surface area contributed by atoms with Crippen molar-refractivity contribution in [3.05, 3.63) is 63.9 Å². The Morgan fingerprint density at radius 3 is 2.23 bits per heavy atom. The lowest BCUT2D eigenvalue weighted by Crippen LogP contribution is -2.51. The molecule has 0 aliphatic heterocycles. The fraction of sp³-hybridized carbons (Fsp3) is 0.500. The third kappa shape index (κ3) is 8.82. The van der Waals surface area contributed by atoms with Gasteiger partial charge in [-0.1, -0.05) is 55.5 Å². The van der Waals surface area contributed by atoms with E-state index in [0.717, 1.165) is 42.7 Å². The highest BCUT2D eigenvalue weighted by Gasteiger charge is 2.31. The minimum Gasteiger partial charge on any atom is -0.352 e. The van der Waals surface area contributed by atoms with Gasteiger partial charge in [-0.2, -0.15) is 0 Å². The molecule has 1 fully saturated rings. The zero-order valence-electron chi connectivity index (χ0n) is 22.3. The molecule has 214 valence electrons. The summed E-state index contributed by atoms with van der Waals surface area (Å²) in [6.45, 7) is 1.91. The SMILES string of the molecule is CCC(C(=O)NC1CCCCC1)N(Cc1c(Cl)cccc1Cl)C(=O)CCCN(c1ccc(F)cc1)S(C)(=O)=O. The lowest BCUT2D eigenvalue weighted by atomic mass is 9.95. The number of carbonyl (C=O) groups is 2. The summed E-state index contributed by atoms with van der Waals surface area (Å²) in [5.74, 6) is -1.01. The van der Waals surface area contributed by atoms with Crippen molar-refractivity contribution in [2.24, 2.45) is 0 Å². The maximum Gasteiger partial charge on any atom is 0.243 e. The standard InChI is InChI=1S/C28H36Cl2FN3O4S/c1-3-26(28(36)32-21-9-5-4-6-10-21)33(19-23-24(29)11-7-12-25(23)30)27(35)13-8-18-34(39(2,37)38)22-16-14-20(31)15-17-22/h7,11-12,14-17,21,26H,3-6,8-10,13,18-19H2,1-2H3,(H,32,36). The Balaban J connectivity index is 1.79. The van der Waals surface area contributed by atoms with Crippen LogP contribution in [-0.4, -0.2) is 50.0 Å². The van der Waals surface area contributed by atoms with Crippen LogP contribution in [0.3, 0.4) is 0 Å². The van der Waals surface area contributed by atoms with Crippen molar-refractivity contribution in [2.45, 2.75) is 76.9 Å². The van der Waals surface area contributed by atoms with Crippen LogP contribution in [0.1, 0.15) is 63.9 Å². The largest absolute Gasteiger partial charge is 0.352 e. The lowest BCUT2D eigenvalue weighted by Gasteiger charge is -2.33. The summed E-state index contributed by atoms with van der Waals surface area (Å²) >= 11 is 12.8. The molecule has 1 aliphatic carbocycles. The molecule has 0 bridgehead atoms. The van der Waals surface area contributed by atoms with Gasteiger partial charge < -0.3 is 10.2 Å². The fourth-order valence-electron chi connectivity index (χ4n) is 4.93. The van der Waals surface area contributed by atoms with Crippen LogP contribution in [0.4, 0.5) is 10.1 Å². The van der Waals surface area contributed by atoms with Crippen LogP contribution in [0, 0.1) is 5.82 Å². The predicted molar refractivity (Wildman–Crippen MR) is 154 cm³/mol. The van der Waals surface area contributed by atoms with Crippen LogP contribution in [0.15, 0.2) is 42.5 Å². The number of nitrogens with zero attached hydrogens (tertiary/aromatic N) is 2. The molecule has 2 aromatic carbocycles. The molecule has 1 saturated carbocycles. The van der Waals surface area contributed by atoms with Gasteiger partial charge in [0.15, 0.2) is 0 Å². The van der Waals surface area contributed by atoms with E-state index in [1.54, 1.807) is 18.2 Å². The fourth-order valence-corrected chi connectivity index (χ4v) is 6.41. The molecule has 1 unspecified atom stereocenters. The second-order valence-corrected chi connectivity index (χ2v) is 12.6. The highest BCUT2D eigenvalue weighted by Crippen LogP contribution is 2.28. The molecule has 1 N–H and O–H groups in total. The first-order chi connectivity index (χ1) is 18.5. The first kappa shape index (κ1) is 31.2. The number of carbonyl (C=O) groups excluding carboxylic acids is 2. The van der Waals surface area contributed by atoms with Gasteiger partial charge in [-0.3, -0.25) is 13.9 Å². The Labute approximate surface area is 240 Å². The normalized spacial score (nSPS) is 15.0. The van der Waals surface area contributed by atoms with Gasteiger partial charge >= 0.3 is 0 Å². The molecule has 7 nitrogen and oxygen atoms in total. The number of sulfonamides is 1. The van der Waals surface area contributed by atoms with Crippen molar-refractivity contribution in [1.82, 2.24) is 10.2 Å². The Morgan fingerprint density at radius 2 is 1.67 bits per heavy atom. The monoisotopic (exact) mass is 599 g/mol. The summed E-state index contributed by atoms with van der Waals surface area (Å²) in [5, 5.41) is 3.91. The van der Waals surface area contributed by atoms with Gasteiger partial charge in [0.1, 0.15) is 11.9 Å². The number of halogens is 3. The van der Waals surface area contributed by atoms with E-state index in [2.05, 4.69) is 5.32 Å². The van der Waals surface area contributed by atoms with Crippen LogP contribution in [0.25, 0.3) is 0 Å². The molecule has 11 heteroatoms. The third-order valence-corrected chi connectivity index (χ3v) is 8.90. The van der Waals surface area contributed by atoms with Gasteiger partial charge in [0.05, 0.1) is 11.9 Å². The average molecular weight is 601 g/mol. The van der Waals surface area contributed by atoms with E-state index in [4.69, 9.17) is 23.2 Å². The summed E-state index contributed by atoms with van der Waals surface area (Å²) < 4.78 is 39.4. The van der Waals surface area contributed by atoms with Crippen LogP contribution in [0.5, 0.6) is 0 Å². The molecule has 1 atom stereocenters. The minimum atomic E-state index is -3.67. The number of hydrogen-bond acceptors (Lipinski definition) is 4. The van der Waals surface area contributed by atoms with Gasteiger partial charge in [0.2, 0.25) is 21.8 Å². The summed E-state index contributed by atoms with van der Waals surface area (Å²) in [6.07, 6.45) is 6.73. The maximum absolute atomic E-state index is 13.6. The van der Waals surface area contributed by atoms with Crippen LogP contribution in [0.2, 0.25) is 10.0 Å². The molecular formula is C28H36Cl2FN3O4S. The van der Waals surface area contributed by atoms with Crippen LogP contribution in [-0.2, 0) is 26.2 Å². The van der Waals surface area contributed by atoms with Crippen LogP contribution < -0.4 is 9.62 Å². The molecular weight excluding hydrogens is 564 g/mol. The molecule has 3 rings (SSSR count). The molecule has 0 spiro atoms. The van der Waals surface area contributed by atoms with Gasteiger partial charge in [0.25, 0.3) is 0 Å². The molecule has 0 aromatic heterocycles. The van der Waals surface area contributed by atoms with E-state index in [1.807, 2.05) is 6.92 Å². The van der Waals surface area contributed by atoms with E-state index < -0.39 is 21.9 Å². The van der Waals surface area contributed by atoms with Crippen molar-refractivity contribution in [3.8, 4) is 0 Å². The quantitative estimate of drug-likeness (QED) is 0.327. The zero-order chi connectivity index (χ0) is 28.6. The Hall–Kier alpha value is -2.36. The first-order valence-electron chi connectivity index (χ1n) is 13.3. The van der Waals surface area contributed by atoms with Gasteiger partial charge in [0, 0.05) is 41.2 Å². The number of hydrogen-bond donors (Lipinski definition) is 1. The number of amides is 2. The van der Waals surface area contributed by atoms with Crippen molar-refractivity contribution in [1.29, 1.82) is 0 Å². The minimum absolute atomic E-state index is 0.0114. The summed E-state index contributed by atoms with van der Waals surface area (Å²) in [4.78, 5) is 28.5. The second-order valence-electron chi connectivity index (χ2n) is 9.90. The summed E-state index contributed by atoms with van der Waals surface area (Å²) in [6, 6.07) is 9.55. The molecule has 1 aliphatic rings. The average Bonchev–Trinajstić information content (AvgIpc) is 2.88. The molecule has 0 heterocycles. The highest BCUT2D eigenvalue weighted by molar-refractivity contribution is 7.92. The number of anilines is 1. The van der Waals surface area contributed by atoms with Crippen molar-refractivity contribution in [2.75, 3.05) is 17.1 Å². The van der Waals surface area contributed by atoms with E-state index in [9.17, 15) is 22.4 Å². The number of rotatable bonds is 12. The van der Waals surface area contributed by atoms with E-state index >= 15 is 0 Å². The van der Waals surface area contributed by atoms with Gasteiger partial charge in [-0.25, -0.2) is 12.8 Å². The van der Waals surface area contributed by atoms with Crippen molar-refractivity contribution < 1.29 is 22.4 Å². The zero-order valence-corrected chi connectivity index (χ0v) is 24.7. The van der Waals surface area contributed by atoms with E-state index in [-0.39, 0.29) is 43.8 Å². The molecule has 0 radical (unpaired) electrons. The van der Waals surface area contributed by atoms with Gasteiger partial charge in [-0.15, -0.1) is 0 Å². The predicted octanol–water partition coefficient (Wildman–Crippen LogP) is 5.94. The summed E-state index contributed by atoms with van der Waals surface area (Å²) in [5.41, 5.74) is 0.853. The molecule has 2 aromatic rings. The number of benzene rings is 2. The van der Waals surface area contributed by atoms with E-state index in [0.29, 0.717) is 27.7 Å². The lowest BCUT2D eigenvalue weighted by molar-refractivity contribution is -0.141.